The number of fused-ring (bicyclic) bond motifs is 1. The summed E-state index contributed by atoms with van der Waals surface area (Å²) in [6, 6.07) is 12.5. The molecule has 1 N–H and O–H groups in total. The Kier molecular flexibility index (Phi) is 4.07. The molecule has 6 nitrogen and oxygen atoms in total. The van der Waals surface area contributed by atoms with Crippen molar-refractivity contribution in [1.29, 1.82) is 0 Å². The zero-order valence-corrected chi connectivity index (χ0v) is 13.9. The van der Waals surface area contributed by atoms with E-state index in [1.807, 2.05) is 44.2 Å². The summed E-state index contributed by atoms with van der Waals surface area (Å²) in [5.74, 6) is 0.142. The first-order chi connectivity index (χ1) is 11.4. The highest BCUT2D eigenvalue weighted by Gasteiger charge is 2.26. The monoisotopic (exact) mass is 342 g/mol. The first-order valence-corrected chi connectivity index (χ1v) is 7.69. The van der Waals surface area contributed by atoms with E-state index in [1.165, 1.54) is 12.1 Å². The van der Waals surface area contributed by atoms with Gasteiger partial charge in [0, 0.05) is 17.6 Å². The van der Waals surface area contributed by atoms with Crippen molar-refractivity contribution in [2.45, 2.75) is 19.4 Å². The molecule has 0 fully saturated rings. The van der Waals surface area contributed by atoms with Crippen LogP contribution in [-0.2, 0) is 5.54 Å². The van der Waals surface area contributed by atoms with Crippen LogP contribution in [0.15, 0.2) is 48.7 Å². The molecule has 0 aliphatic heterocycles. The molecule has 0 radical (unpaired) electrons. The number of nitrogens with one attached hydrogen (secondary N) is 1. The van der Waals surface area contributed by atoms with Gasteiger partial charge in [-0.2, -0.15) is 0 Å². The zero-order valence-electron chi connectivity index (χ0n) is 13.2. The van der Waals surface area contributed by atoms with Crippen molar-refractivity contribution in [2.75, 3.05) is 5.32 Å². The third-order valence-electron chi connectivity index (χ3n) is 3.79. The Labute approximate surface area is 143 Å². The fraction of sp³-hybridized carbons (Fsp3) is 0.176. The molecule has 0 bridgehead atoms. The first-order valence-electron chi connectivity index (χ1n) is 7.31. The first kappa shape index (κ1) is 16.1. The van der Waals surface area contributed by atoms with Gasteiger partial charge in [0.05, 0.1) is 16.0 Å². The van der Waals surface area contributed by atoms with Crippen LogP contribution in [0.4, 0.5) is 11.5 Å². The second-order valence-corrected chi connectivity index (χ2v) is 6.31. The fourth-order valence-corrected chi connectivity index (χ4v) is 2.65. The van der Waals surface area contributed by atoms with E-state index >= 15 is 0 Å². The van der Waals surface area contributed by atoms with Gasteiger partial charge < -0.3 is 5.32 Å². The number of hydrogen-bond acceptors (Lipinski definition) is 5. The second kappa shape index (κ2) is 6.05. The van der Waals surface area contributed by atoms with Crippen molar-refractivity contribution in [1.82, 2.24) is 9.97 Å². The van der Waals surface area contributed by atoms with E-state index in [4.69, 9.17) is 11.6 Å². The van der Waals surface area contributed by atoms with Crippen LogP contribution in [-0.4, -0.2) is 14.9 Å². The summed E-state index contributed by atoms with van der Waals surface area (Å²) >= 11 is 5.89. The Hall–Kier alpha value is -2.73. The van der Waals surface area contributed by atoms with Crippen LogP contribution < -0.4 is 5.32 Å². The summed E-state index contributed by atoms with van der Waals surface area (Å²) in [5, 5.41) is 15.5. The number of pyridine rings is 2. The fourth-order valence-electron chi connectivity index (χ4n) is 2.50. The average molecular weight is 343 g/mol. The maximum atomic E-state index is 11.2. The molecule has 0 amide bonds. The summed E-state index contributed by atoms with van der Waals surface area (Å²) in [6.07, 6.45) is 1.74. The maximum Gasteiger partial charge on any atom is 0.311 e. The van der Waals surface area contributed by atoms with Gasteiger partial charge in [-0.1, -0.05) is 23.7 Å². The zero-order chi connectivity index (χ0) is 17.3. The summed E-state index contributed by atoms with van der Waals surface area (Å²) in [6.45, 7) is 3.85. The molecule has 0 aliphatic carbocycles. The predicted molar refractivity (Wildman–Crippen MR) is 94.3 cm³/mol. The van der Waals surface area contributed by atoms with Crippen LogP contribution >= 0.6 is 11.6 Å². The van der Waals surface area contributed by atoms with Crippen molar-refractivity contribution in [3.8, 4) is 0 Å². The Balaban J connectivity index is 2.01. The molecule has 2 aromatic heterocycles. The van der Waals surface area contributed by atoms with Gasteiger partial charge in [-0.15, -0.1) is 0 Å². The van der Waals surface area contributed by atoms with Crippen LogP contribution in [0, 0.1) is 10.1 Å². The molecular weight excluding hydrogens is 328 g/mol. The summed E-state index contributed by atoms with van der Waals surface area (Å²) < 4.78 is 0. The van der Waals surface area contributed by atoms with Gasteiger partial charge in [0.2, 0.25) is 5.82 Å². The Morgan fingerprint density at radius 1 is 1.21 bits per heavy atom. The molecule has 0 saturated carbocycles. The number of hydrogen-bond donors (Lipinski definition) is 1. The van der Waals surface area contributed by atoms with E-state index < -0.39 is 10.5 Å². The van der Waals surface area contributed by atoms with E-state index in [-0.39, 0.29) is 16.7 Å². The number of anilines is 1. The molecule has 1 aromatic carbocycles. The van der Waals surface area contributed by atoms with E-state index in [2.05, 4.69) is 15.3 Å². The molecule has 3 aromatic rings. The van der Waals surface area contributed by atoms with E-state index in [0.717, 1.165) is 16.5 Å². The topological polar surface area (TPSA) is 81.0 Å². The van der Waals surface area contributed by atoms with Gasteiger partial charge in [0.25, 0.3) is 0 Å². The highest BCUT2D eigenvalue weighted by molar-refractivity contribution is 6.29. The molecule has 0 aliphatic rings. The van der Waals surface area contributed by atoms with Gasteiger partial charge in [-0.05, 0) is 43.7 Å². The van der Waals surface area contributed by atoms with Crippen LogP contribution in [0.3, 0.4) is 0 Å². The van der Waals surface area contributed by atoms with Crippen LogP contribution in [0.5, 0.6) is 0 Å². The van der Waals surface area contributed by atoms with E-state index in [0.29, 0.717) is 0 Å². The smallest absolute Gasteiger partial charge is 0.311 e. The third-order valence-corrected chi connectivity index (χ3v) is 4.00. The van der Waals surface area contributed by atoms with Gasteiger partial charge in [0.15, 0.2) is 0 Å². The lowest BCUT2D eigenvalue weighted by atomic mass is 9.93. The summed E-state index contributed by atoms with van der Waals surface area (Å²) in [5.41, 5.74) is 1.14. The number of halogens is 1. The molecule has 0 unspecified atom stereocenters. The number of benzene rings is 1. The van der Waals surface area contributed by atoms with E-state index in [9.17, 15) is 10.1 Å². The Bertz CT molecular complexity index is 927. The highest BCUT2D eigenvalue weighted by atomic mass is 35.5. The molecule has 0 atom stereocenters. The highest BCUT2D eigenvalue weighted by Crippen LogP contribution is 2.32. The molecule has 0 saturated heterocycles. The standard InChI is InChI=1S/C17H15ClN4O2/c1-17(2,12-5-6-13-11(10-12)4-3-9-19-13)21-16-14(22(23)24)7-8-15(18)20-16/h3-10H,1-2H3,(H,20,21). The second-order valence-electron chi connectivity index (χ2n) is 5.92. The predicted octanol–water partition coefficient (Wildman–Crippen LogP) is 4.54. The van der Waals surface area contributed by atoms with Gasteiger partial charge in [-0.3, -0.25) is 15.1 Å². The molecule has 2 heterocycles. The van der Waals surface area contributed by atoms with Crippen LogP contribution in [0.2, 0.25) is 5.15 Å². The minimum Gasteiger partial charge on any atom is -0.355 e. The van der Waals surface area contributed by atoms with Crippen molar-refractivity contribution in [2.24, 2.45) is 0 Å². The van der Waals surface area contributed by atoms with Crippen molar-refractivity contribution < 1.29 is 4.92 Å². The minimum atomic E-state index is -0.591. The lowest BCUT2D eigenvalue weighted by Gasteiger charge is -2.27. The minimum absolute atomic E-state index is 0.116. The van der Waals surface area contributed by atoms with Crippen molar-refractivity contribution >= 4 is 34.0 Å². The number of nitro groups is 1. The maximum absolute atomic E-state index is 11.2. The Morgan fingerprint density at radius 3 is 2.75 bits per heavy atom. The van der Waals surface area contributed by atoms with Crippen molar-refractivity contribution in [3.63, 3.8) is 0 Å². The lowest BCUT2D eigenvalue weighted by Crippen LogP contribution is -2.29. The largest absolute Gasteiger partial charge is 0.355 e. The molecule has 24 heavy (non-hydrogen) atoms. The SMILES string of the molecule is CC(C)(Nc1nc(Cl)ccc1[N+](=O)[O-])c1ccc2ncccc2c1. The molecular formula is C17H15ClN4O2. The van der Waals surface area contributed by atoms with Gasteiger partial charge >= 0.3 is 5.69 Å². The Morgan fingerprint density at radius 2 is 2.00 bits per heavy atom. The summed E-state index contributed by atoms with van der Waals surface area (Å²) in [4.78, 5) is 19.1. The quantitative estimate of drug-likeness (QED) is 0.427. The van der Waals surface area contributed by atoms with Crippen LogP contribution in [0.25, 0.3) is 10.9 Å². The molecule has 0 spiro atoms. The molecule has 3 rings (SSSR count). The lowest BCUT2D eigenvalue weighted by molar-refractivity contribution is -0.384. The van der Waals surface area contributed by atoms with Crippen LogP contribution in [0.1, 0.15) is 19.4 Å². The van der Waals surface area contributed by atoms with Crippen molar-refractivity contribution in [3.05, 3.63) is 69.5 Å². The van der Waals surface area contributed by atoms with Gasteiger partial charge in [-0.25, -0.2) is 4.98 Å². The number of rotatable bonds is 4. The average Bonchev–Trinajstić information content (AvgIpc) is 2.53. The number of aromatic nitrogens is 2. The molecule has 122 valence electrons. The summed E-state index contributed by atoms with van der Waals surface area (Å²) in [7, 11) is 0. The third kappa shape index (κ3) is 3.14. The molecule has 7 heteroatoms. The van der Waals surface area contributed by atoms with E-state index in [1.54, 1.807) is 6.20 Å². The normalized spacial score (nSPS) is 11.5. The number of nitrogens with zero attached hydrogens (tertiary/aromatic N) is 3. The van der Waals surface area contributed by atoms with Gasteiger partial charge in [0.1, 0.15) is 5.15 Å².